The third kappa shape index (κ3) is 8.37. The Labute approximate surface area is 383 Å². The Kier molecular flexibility index (Phi) is 10.8. The number of benzene rings is 4. The summed E-state index contributed by atoms with van der Waals surface area (Å²) >= 11 is 0. The molecule has 332 valence electrons. The van der Waals surface area contributed by atoms with Crippen molar-refractivity contribution in [2.45, 2.75) is 52.6 Å². The molecule has 0 fully saturated rings. The Bertz CT molecular complexity index is 3480. The number of fused-ring (bicyclic) bond motifs is 2. The summed E-state index contributed by atoms with van der Waals surface area (Å²) in [6.45, 7) is 12.7. The molecule has 0 bridgehead atoms. The Morgan fingerprint density at radius 1 is 0.582 bits per heavy atom. The topological polar surface area (TPSA) is 268 Å². The lowest BCUT2D eigenvalue weighted by Crippen LogP contribution is -2.23. The highest BCUT2D eigenvalue weighted by atomic mass is 16.1. The van der Waals surface area contributed by atoms with Gasteiger partial charge in [-0.25, -0.2) is 49.2 Å². The van der Waals surface area contributed by atoms with E-state index in [0.29, 0.717) is 22.5 Å². The van der Waals surface area contributed by atoms with Crippen molar-refractivity contribution in [1.29, 1.82) is 5.26 Å². The molecule has 19 heteroatoms. The van der Waals surface area contributed by atoms with Crippen LogP contribution in [0.1, 0.15) is 57.5 Å². The minimum Gasteiger partial charge on any atom is -0.368 e. The van der Waals surface area contributed by atoms with E-state index in [1.807, 2.05) is 48.5 Å². The number of nitrogen functional groups attached to an aromatic ring is 2. The highest BCUT2D eigenvalue weighted by molar-refractivity contribution is 5.96. The van der Waals surface area contributed by atoms with E-state index in [4.69, 9.17) is 27.2 Å². The van der Waals surface area contributed by atoms with Crippen LogP contribution in [0.2, 0.25) is 0 Å². The second-order valence-electron chi connectivity index (χ2n) is 17.6. The minimum absolute atomic E-state index is 0.221. The molecule has 19 nitrogen and oxygen atoms in total. The van der Waals surface area contributed by atoms with Gasteiger partial charge in [-0.15, -0.1) is 0 Å². The SMILES string of the molecule is CC(C)(C)n1c(-c2cc(C#N)ccc2-n2cncn2)nc2cc(-c3cnc(N)nc3)ccc21.CC(C)(C)n1c(-c2cc(C(N)=O)ccc2-n2cncn2)nc2cc(-c3cnc(N)nc3)ccc21. The number of hydrogen-bond acceptors (Lipinski definition) is 14. The fraction of sp³-hybridized carbons (Fsp3) is 0.167. The van der Waals surface area contributed by atoms with Gasteiger partial charge in [0.05, 0.1) is 45.1 Å². The van der Waals surface area contributed by atoms with Crippen molar-refractivity contribution in [3.05, 3.63) is 134 Å². The molecule has 0 unspecified atom stereocenters. The second kappa shape index (κ2) is 16.7. The van der Waals surface area contributed by atoms with Gasteiger partial charge in [0.15, 0.2) is 0 Å². The van der Waals surface area contributed by atoms with Crippen LogP contribution in [0.4, 0.5) is 11.9 Å². The summed E-state index contributed by atoms with van der Waals surface area (Å²) in [6, 6.07) is 25.0. The van der Waals surface area contributed by atoms with E-state index in [9.17, 15) is 10.1 Å². The second-order valence-corrected chi connectivity index (χ2v) is 17.6. The van der Waals surface area contributed by atoms with Gasteiger partial charge in [0.2, 0.25) is 17.8 Å². The standard InChI is InChI=1S/C24H23N9O.C24H21N9/c1-24(2,3)33-20-7-4-14(16-10-28-23(26)29-11-16)9-18(20)31-22(33)17-8-15(21(25)34)5-6-19(17)32-13-27-12-30-32;1-24(2,3)33-21-7-5-16(17-11-28-23(26)29-12-17)9-19(21)31-22(33)18-8-15(10-25)4-6-20(18)32-14-27-13-30-32/h4-13H,1-3H3,(H2,25,34)(H2,26,28,29);4-9,11-14H,1-3H3,(H2,26,28,29). The molecule has 0 atom stereocenters. The number of imidazole rings is 2. The average molecular weight is 889 g/mol. The van der Waals surface area contributed by atoms with E-state index in [-0.39, 0.29) is 23.0 Å². The molecule has 0 saturated carbocycles. The van der Waals surface area contributed by atoms with Crippen LogP contribution in [0.5, 0.6) is 0 Å². The quantitative estimate of drug-likeness (QED) is 0.144. The van der Waals surface area contributed by atoms with Gasteiger partial charge >= 0.3 is 0 Å². The number of primary amides is 1. The molecule has 10 rings (SSSR count). The van der Waals surface area contributed by atoms with Crippen molar-refractivity contribution < 1.29 is 4.79 Å². The molecule has 0 aliphatic carbocycles. The molecule has 0 radical (unpaired) electrons. The summed E-state index contributed by atoms with van der Waals surface area (Å²) in [6.07, 6.45) is 12.9. The largest absolute Gasteiger partial charge is 0.368 e. The van der Waals surface area contributed by atoms with Crippen LogP contribution >= 0.6 is 0 Å². The van der Waals surface area contributed by atoms with Gasteiger partial charge in [0, 0.05) is 63.7 Å². The molecule has 4 aromatic carbocycles. The summed E-state index contributed by atoms with van der Waals surface area (Å²) in [4.78, 5) is 46.6. The summed E-state index contributed by atoms with van der Waals surface area (Å²) in [5, 5.41) is 18.1. The van der Waals surface area contributed by atoms with Crippen molar-refractivity contribution in [1.82, 2.24) is 68.6 Å². The van der Waals surface area contributed by atoms with E-state index >= 15 is 0 Å². The summed E-state index contributed by atoms with van der Waals surface area (Å²) < 4.78 is 7.65. The van der Waals surface area contributed by atoms with Crippen LogP contribution in [0, 0.1) is 11.3 Å². The van der Waals surface area contributed by atoms with Crippen LogP contribution < -0.4 is 17.2 Å². The lowest BCUT2D eigenvalue weighted by atomic mass is 10.0. The maximum Gasteiger partial charge on any atom is 0.248 e. The third-order valence-corrected chi connectivity index (χ3v) is 10.9. The fourth-order valence-electron chi connectivity index (χ4n) is 7.93. The summed E-state index contributed by atoms with van der Waals surface area (Å²) in [5.41, 5.74) is 27.3. The van der Waals surface area contributed by atoms with Gasteiger partial charge in [0.1, 0.15) is 37.0 Å². The lowest BCUT2D eigenvalue weighted by molar-refractivity contribution is 0.1000. The number of rotatable bonds is 7. The Morgan fingerprint density at radius 3 is 1.43 bits per heavy atom. The predicted molar refractivity (Wildman–Crippen MR) is 254 cm³/mol. The number of aromatic nitrogens is 14. The number of nitrogens with zero attached hydrogens (tertiary/aromatic N) is 15. The van der Waals surface area contributed by atoms with Crippen LogP contribution in [-0.4, -0.2) is 74.5 Å². The molecule has 67 heavy (non-hydrogen) atoms. The number of carbonyl (C=O) groups excluding carboxylic acids is 1. The molecule has 0 aliphatic heterocycles. The van der Waals surface area contributed by atoms with E-state index in [0.717, 1.165) is 67.1 Å². The van der Waals surface area contributed by atoms with E-state index in [1.165, 1.54) is 12.7 Å². The van der Waals surface area contributed by atoms with Gasteiger partial charge in [-0.05, 0) is 113 Å². The Morgan fingerprint density at radius 2 is 1.03 bits per heavy atom. The van der Waals surface area contributed by atoms with Crippen molar-refractivity contribution in [3.63, 3.8) is 0 Å². The third-order valence-electron chi connectivity index (χ3n) is 10.9. The zero-order valence-corrected chi connectivity index (χ0v) is 37.4. The van der Waals surface area contributed by atoms with Crippen LogP contribution in [0.25, 0.3) is 78.5 Å². The van der Waals surface area contributed by atoms with Gasteiger partial charge < -0.3 is 26.3 Å². The van der Waals surface area contributed by atoms with Gasteiger partial charge in [-0.2, -0.15) is 15.5 Å². The van der Waals surface area contributed by atoms with Crippen molar-refractivity contribution in [2.24, 2.45) is 5.73 Å². The fourth-order valence-corrected chi connectivity index (χ4v) is 7.93. The number of anilines is 2. The lowest BCUT2D eigenvalue weighted by Gasteiger charge is -2.25. The van der Waals surface area contributed by atoms with E-state index < -0.39 is 5.91 Å². The van der Waals surface area contributed by atoms with Crippen LogP contribution in [0.15, 0.2) is 123 Å². The van der Waals surface area contributed by atoms with Crippen molar-refractivity contribution >= 4 is 39.9 Å². The first-order valence-corrected chi connectivity index (χ1v) is 21.0. The smallest absolute Gasteiger partial charge is 0.248 e. The molecule has 1 amide bonds. The van der Waals surface area contributed by atoms with Gasteiger partial charge in [-0.1, -0.05) is 12.1 Å². The number of nitrogens with two attached hydrogens (primary N) is 3. The van der Waals surface area contributed by atoms with Gasteiger partial charge in [-0.3, -0.25) is 4.79 Å². The number of hydrogen-bond donors (Lipinski definition) is 3. The highest BCUT2D eigenvalue weighted by Gasteiger charge is 2.27. The Balaban J connectivity index is 0.000000168. The molecule has 6 heterocycles. The van der Waals surface area contributed by atoms with Crippen molar-refractivity contribution in [2.75, 3.05) is 11.5 Å². The molecular formula is C48H44N18O. The minimum atomic E-state index is -0.518. The first-order chi connectivity index (χ1) is 32.1. The molecule has 0 aliphatic rings. The summed E-state index contributed by atoms with van der Waals surface area (Å²) in [5.74, 6) is 1.36. The van der Waals surface area contributed by atoms with E-state index in [2.05, 4.69) is 96.8 Å². The van der Waals surface area contributed by atoms with Crippen LogP contribution in [-0.2, 0) is 11.1 Å². The zero-order valence-electron chi connectivity index (χ0n) is 37.4. The maximum absolute atomic E-state index is 12.0. The molecular weight excluding hydrogens is 845 g/mol. The van der Waals surface area contributed by atoms with E-state index in [1.54, 1.807) is 71.1 Å². The normalized spacial score (nSPS) is 11.7. The first kappa shape index (κ1) is 43.1. The predicted octanol–water partition coefficient (Wildman–Crippen LogP) is 7.13. The molecule has 0 spiro atoms. The Hall–Kier alpha value is -9.18. The van der Waals surface area contributed by atoms with Crippen molar-refractivity contribution in [3.8, 4) is 62.5 Å². The van der Waals surface area contributed by atoms with Gasteiger partial charge in [0.25, 0.3) is 0 Å². The molecule has 0 saturated heterocycles. The number of amides is 1. The zero-order chi connectivity index (χ0) is 47.2. The molecule has 6 N–H and O–H groups in total. The van der Waals surface area contributed by atoms with Crippen LogP contribution in [0.3, 0.4) is 0 Å². The molecule has 10 aromatic rings. The summed E-state index contributed by atoms with van der Waals surface area (Å²) in [7, 11) is 0. The maximum atomic E-state index is 12.0. The monoisotopic (exact) mass is 888 g/mol. The average Bonchev–Trinajstić information content (AvgIpc) is 4.15. The first-order valence-electron chi connectivity index (χ1n) is 21.0. The number of nitriles is 1. The molecule has 6 aromatic heterocycles. The number of carbonyl (C=O) groups is 1. The highest BCUT2D eigenvalue weighted by Crippen LogP contribution is 2.38.